The highest BCUT2D eigenvalue weighted by Crippen LogP contribution is 2.35. The molecule has 0 atom stereocenters. The third-order valence-corrected chi connectivity index (χ3v) is 5.38. The number of hydrogen-bond donors (Lipinski definition) is 2. The Hall–Kier alpha value is -3.10. The molecule has 0 saturated carbocycles. The van der Waals surface area contributed by atoms with Gasteiger partial charge in [0, 0.05) is 30.9 Å². The Morgan fingerprint density at radius 1 is 1.31 bits per heavy atom. The molecule has 0 amide bonds. The summed E-state index contributed by atoms with van der Waals surface area (Å²) in [5.74, 6) is 0.714. The van der Waals surface area contributed by atoms with Gasteiger partial charge in [0.05, 0.1) is 17.5 Å². The number of aliphatic carboxylic acids is 1. The van der Waals surface area contributed by atoms with Gasteiger partial charge >= 0.3 is 5.97 Å². The number of rotatable bonds is 9. The third-order valence-electron chi connectivity index (χ3n) is 5.08. The van der Waals surface area contributed by atoms with E-state index < -0.39 is 5.97 Å². The van der Waals surface area contributed by atoms with Crippen LogP contribution >= 0.6 is 11.6 Å². The van der Waals surface area contributed by atoms with Crippen molar-refractivity contribution >= 4 is 29.2 Å². The van der Waals surface area contributed by atoms with E-state index in [1.807, 2.05) is 36.9 Å². The molecular weight excluding hydrogens is 432 g/mol. The Balaban J connectivity index is 1.46. The number of nitrogens with zero attached hydrogens (tertiary/aromatic N) is 3. The van der Waals surface area contributed by atoms with Crippen LogP contribution < -0.4 is 15.0 Å². The van der Waals surface area contributed by atoms with Crippen molar-refractivity contribution in [3.63, 3.8) is 0 Å². The number of carbonyl (C=O) groups is 1. The molecule has 0 bridgehead atoms. The van der Waals surface area contributed by atoms with Crippen LogP contribution in [0.2, 0.25) is 5.02 Å². The molecule has 1 aromatic heterocycles. The molecule has 8 nitrogen and oxygen atoms in total. The number of halogens is 1. The molecule has 4 rings (SSSR count). The second-order valence-corrected chi connectivity index (χ2v) is 8.30. The number of benzene rings is 2. The average molecular weight is 457 g/mol. The highest BCUT2D eigenvalue weighted by Gasteiger charge is 2.25. The molecule has 3 aromatic rings. The fourth-order valence-electron chi connectivity index (χ4n) is 3.63. The van der Waals surface area contributed by atoms with Crippen LogP contribution in [0.15, 0.2) is 40.9 Å². The van der Waals surface area contributed by atoms with E-state index in [9.17, 15) is 4.79 Å². The van der Waals surface area contributed by atoms with Gasteiger partial charge in [-0.3, -0.25) is 4.79 Å². The van der Waals surface area contributed by atoms with Crippen LogP contribution in [0.1, 0.15) is 31.4 Å². The summed E-state index contributed by atoms with van der Waals surface area (Å²) in [7, 11) is 0. The molecule has 0 fully saturated rings. The Labute approximate surface area is 191 Å². The molecular formula is C23H25ClN4O4. The smallest absolute Gasteiger partial charge is 0.304 e. The SMILES string of the molecule is CC(C)Oc1ccc(-c2nc(N3CCc4cc(CNCCC(=O)O)ccc43)no2)cc1Cl. The van der Waals surface area contributed by atoms with Gasteiger partial charge in [-0.2, -0.15) is 4.98 Å². The number of nitrogens with one attached hydrogen (secondary N) is 1. The predicted octanol–water partition coefficient (Wildman–Crippen LogP) is 4.44. The molecule has 0 radical (unpaired) electrons. The quantitative estimate of drug-likeness (QED) is 0.456. The van der Waals surface area contributed by atoms with Crippen molar-refractivity contribution in [2.24, 2.45) is 0 Å². The van der Waals surface area contributed by atoms with E-state index in [1.165, 1.54) is 5.56 Å². The van der Waals surface area contributed by atoms with Gasteiger partial charge in [-0.25, -0.2) is 0 Å². The van der Waals surface area contributed by atoms with Crippen LogP contribution in [0, 0.1) is 0 Å². The molecule has 2 aromatic carbocycles. The van der Waals surface area contributed by atoms with Crippen LogP contribution in [0.5, 0.6) is 5.75 Å². The Morgan fingerprint density at radius 3 is 2.91 bits per heavy atom. The number of fused-ring (bicyclic) bond motifs is 1. The molecule has 168 valence electrons. The van der Waals surface area contributed by atoms with Crippen molar-refractivity contribution in [2.75, 3.05) is 18.0 Å². The maximum absolute atomic E-state index is 10.6. The molecule has 0 unspecified atom stereocenters. The summed E-state index contributed by atoms with van der Waals surface area (Å²) in [6, 6.07) is 11.6. The topological polar surface area (TPSA) is 101 Å². The van der Waals surface area contributed by atoms with Crippen LogP contribution in [0.25, 0.3) is 11.5 Å². The number of ether oxygens (including phenoxy) is 1. The lowest BCUT2D eigenvalue weighted by molar-refractivity contribution is -0.136. The standard InChI is InChI=1S/C23H25ClN4O4/c1-14(2)31-20-6-4-17(12-18(20)24)22-26-23(27-32-22)28-10-8-16-11-15(3-5-19(16)28)13-25-9-7-21(29)30/h3-6,11-12,14,25H,7-10,13H2,1-2H3,(H,29,30). The molecule has 1 aliphatic heterocycles. The van der Waals surface area contributed by atoms with Crippen LogP contribution in [0.4, 0.5) is 11.6 Å². The van der Waals surface area contributed by atoms with Gasteiger partial charge in [0.2, 0.25) is 0 Å². The van der Waals surface area contributed by atoms with E-state index in [-0.39, 0.29) is 12.5 Å². The third kappa shape index (κ3) is 5.03. The zero-order valence-electron chi connectivity index (χ0n) is 18.0. The number of hydrogen-bond acceptors (Lipinski definition) is 7. The molecule has 2 N–H and O–H groups in total. The summed E-state index contributed by atoms with van der Waals surface area (Å²) < 4.78 is 11.2. The van der Waals surface area contributed by atoms with Gasteiger partial charge in [-0.05, 0) is 60.8 Å². The van der Waals surface area contributed by atoms with E-state index in [1.54, 1.807) is 12.1 Å². The fourth-order valence-corrected chi connectivity index (χ4v) is 3.85. The molecule has 1 aliphatic rings. The maximum Gasteiger partial charge on any atom is 0.304 e. The first-order valence-electron chi connectivity index (χ1n) is 10.5. The normalized spacial score (nSPS) is 12.9. The minimum absolute atomic E-state index is 0.0321. The van der Waals surface area contributed by atoms with Gasteiger partial charge in [0.15, 0.2) is 0 Å². The first-order chi connectivity index (χ1) is 15.4. The number of anilines is 2. The monoisotopic (exact) mass is 456 g/mol. The van der Waals surface area contributed by atoms with Crippen LogP contribution in [-0.4, -0.2) is 40.4 Å². The minimum Gasteiger partial charge on any atom is -0.489 e. The van der Waals surface area contributed by atoms with Crippen molar-refractivity contribution in [1.82, 2.24) is 15.5 Å². The lowest BCUT2D eigenvalue weighted by atomic mass is 10.1. The van der Waals surface area contributed by atoms with Gasteiger partial charge in [0.25, 0.3) is 11.8 Å². The summed E-state index contributed by atoms with van der Waals surface area (Å²) in [4.78, 5) is 17.2. The van der Waals surface area contributed by atoms with Crippen molar-refractivity contribution in [2.45, 2.75) is 39.3 Å². The van der Waals surface area contributed by atoms with Crippen molar-refractivity contribution in [3.05, 3.63) is 52.5 Å². The predicted molar refractivity (Wildman–Crippen MR) is 122 cm³/mol. The Kier molecular flexibility index (Phi) is 6.62. The summed E-state index contributed by atoms with van der Waals surface area (Å²) in [5.41, 5.74) is 4.09. The molecule has 2 heterocycles. The lowest BCUT2D eigenvalue weighted by Gasteiger charge is -2.14. The summed E-state index contributed by atoms with van der Waals surface area (Å²) in [5, 5.41) is 16.5. The van der Waals surface area contributed by atoms with Crippen LogP contribution in [0.3, 0.4) is 0 Å². The highest BCUT2D eigenvalue weighted by atomic mass is 35.5. The molecule has 32 heavy (non-hydrogen) atoms. The van der Waals surface area contributed by atoms with Crippen LogP contribution in [-0.2, 0) is 17.8 Å². The lowest BCUT2D eigenvalue weighted by Crippen LogP contribution is -2.17. The van der Waals surface area contributed by atoms with Gasteiger partial charge in [-0.1, -0.05) is 23.7 Å². The second-order valence-electron chi connectivity index (χ2n) is 7.90. The van der Waals surface area contributed by atoms with Gasteiger partial charge in [0.1, 0.15) is 5.75 Å². The van der Waals surface area contributed by atoms with E-state index in [0.29, 0.717) is 35.7 Å². The maximum atomic E-state index is 10.6. The number of aromatic nitrogens is 2. The number of carboxylic acid groups (broad SMARTS) is 1. The largest absolute Gasteiger partial charge is 0.489 e. The molecule has 9 heteroatoms. The first-order valence-corrected chi connectivity index (χ1v) is 10.9. The average Bonchev–Trinajstić information content (AvgIpc) is 3.39. The zero-order valence-corrected chi connectivity index (χ0v) is 18.7. The van der Waals surface area contributed by atoms with Crippen molar-refractivity contribution in [3.8, 4) is 17.2 Å². The fraction of sp³-hybridized carbons (Fsp3) is 0.348. The summed E-state index contributed by atoms with van der Waals surface area (Å²) in [6.07, 6.45) is 1.01. The minimum atomic E-state index is -0.802. The highest BCUT2D eigenvalue weighted by molar-refractivity contribution is 6.32. The molecule has 0 spiro atoms. The Bertz CT molecular complexity index is 1120. The van der Waals surface area contributed by atoms with Crippen molar-refractivity contribution in [1.29, 1.82) is 0 Å². The Morgan fingerprint density at radius 2 is 2.16 bits per heavy atom. The van der Waals surface area contributed by atoms with E-state index in [4.69, 9.17) is 26.0 Å². The number of carboxylic acids is 1. The van der Waals surface area contributed by atoms with E-state index >= 15 is 0 Å². The van der Waals surface area contributed by atoms with Gasteiger partial charge < -0.3 is 24.6 Å². The van der Waals surface area contributed by atoms with Crippen molar-refractivity contribution < 1.29 is 19.2 Å². The van der Waals surface area contributed by atoms with E-state index in [2.05, 4.69) is 21.5 Å². The van der Waals surface area contributed by atoms with E-state index in [0.717, 1.165) is 29.8 Å². The second kappa shape index (κ2) is 9.58. The zero-order chi connectivity index (χ0) is 22.7. The first kappa shape index (κ1) is 22.1. The molecule has 0 saturated heterocycles. The summed E-state index contributed by atoms with van der Waals surface area (Å²) in [6.45, 7) is 5.72. The molecule has 0 aliphatic carbocycles. The summed E-state index contributed by atoms with van der Waals surface area (Å²) >= 11 is 6.34. The van der Waals surface area contributed by atoms with Gasteiger partial charge in [-0.15, -0.1) is 0 Å².